The van der Waals surface area contributed by atoms with Crippen LogP contribution in [0.2, 0.25) is 0 Å². The molecule has 0 atom stereocenters. The topological polar surface area (TPSA) is 102 Å². The first kappa shape index (κ1) is 36.6. The van der Waals surface area contributed by atoms with Crippen molar-refractivity contribution in [3.8, 4) is 5.75 Å². The Morgan fingerprint density at radius 1 is 0.375 bits per heavy atom. The third kappa shape index (κ3) is 28.2. The zero-order chi connectivity index (χ0) is 28.6. The maximum atomic E-state index is 5.55. The monoisotopic (exact) mass is 576 g/mol. The summed E-state index contributed by atoms with van der Waals surface area (Å²) >= 11 is 0. The fourth-order valence-corrected chi connectivity index (χ4v) is 2.94. The highest BCUT2D eigenvalue weighted by Gasteiger charge is 1.97. The Hall–Kier alpha value is -1.38. The molecule has 0 N–H and O–H groups in total. The highest BCUT2D eigenvalue weighted by atomic mass is 16.6. The zero-order valence-corrected chi connectivity index (χ0v) is 24.6. The van der Waals surface area contributed by atoms with Crippen molar-refractivity contribution >= 4 is 0 Å². The van der Waals surface area contributed by atoms with Gasteiger partial charge in [-0.15, -0.1) is 0 Å². The Morgan fingerprint density at radius 3 is 0.950 bits per heavy atom. The third-order valence-electron chi connectivity index (χ3n) is 4.89. The van der Waals surface area contributed by atoms with Crippen LogP contribution in [0.25, 0.3) is 0 Å². The molecule has 0 aliphatic heterocycles. The van der Waals surface area contributed by atoms with E-state index in [9.17, 15) is 0 Å². The van der Waals surface area contributed by atoms with E-state index in [4.69, 9.17) is 52.1 Å². The van der Waals surface area contributed by atoms with Gasteiger partial charge in [-0.3, -0.25) is 0 Å². The second-order valence-electron chi connectivity index (χ2n) is 8.59. The average molecular weight is 577 g/mol. The fourth-order valence-electron chi connectivity index (χ4n) is 2.94. The molecule has 0 radical (unpaired) electrons. The lowest BCUT2D eigenvalue weighted by atomic mass is 10.3. The predicted molar refractivity (Wildman–Crippen MR) is 150 cm³/mol. The molecule has 0 bridgehead atoms. The van der Waals surface area contributed by atoms with Gasteiger partial charge >= 0.3 is 0 Å². The SMILES string of the molecule is CC(C)OCCOCCOCCOCCOCCOCCOCCOCCOCCOCCOc1ccccc1. The van der Waals surface area contributed by atoms with Crippen molar-refractivity contribution in [1.29, 1.82) is 0 Å². The van der Waals surface area contributed by atoms with Gasteiger partial charge < -0.3 is 52.1 Å². The average Bonchev–Trinajstić information content (AvgIpc) is 2.96. The summed E-state index contributed by atoms with van der Waals surface area (Å²) < 4.78 is 60.0. The molecule has 1 aromatic rings. The third-order valence-corrected chi connectivity index (χ3v) is 4.89. The van der Waals surface area contributed by atoms with E-state index < -0.39 is 0 Å². The van der Waals surface area contributed by atoms with Gasteiger partial charge in [-0.25, -0.2) is 0 Å². The van der Waals surface area contributed by atoms with E-state index >= 15 is 0 Å². The molecule has 0 spiro atoms. The van der Waals surface area contributed by atoms with Crippen LogP contribution in [0, 0.1) is 0 Å². The van der Waals surface area contributed by atoms with Gasteiger partial charge in [-0.05, 0) is 26.0 Å². The van der Waals surface area contributed by atoms with Crippen molar-refractivity contribution < 1.29 is 52.1 Å². The number of ether oxygens (including phenoxy) is 11. The molecule has 0 amide bonds. The first-order chi connectivity index (χ1) is 19.8. The number of para-hydroxylation sites is 1. The van der Waals surface area contributed by atoms with Crippen LogP contribution in [-0.2, 0) is 47.4 Å². The van der Waals surface area contributed by atoms with E-state index in [1.54, 1.807) is 0 Å². The summed E-state index contributed by atoms with van der Waals surface area (Å²) in [6.07, 6.45) is 0.234. The minimum absolute atomic E-state index is 0.234. The number of rotatable bonds is 32. The Bertz CT molecular complexity index is 607. The van der Waals surface area contributed by atoms with E-state index in [0.717, 1.165) is 5.75 Å². The summed E-state index contributed by atoms with van der Waals surface area (Å²) in [5, 5.41) is 0. The molecule has 1 aromatic carbocycles. The van der Waals surface area contributed by atoms with Gasteiger partial charge in [0.1, 0.15) is 12.4 Å². The maximum Gasteiger partial charge on any atom is 0.119 e. The molecule has 0 saturated carbocycles. The summed E-state index contributed by atoms with van der Waals surface area (Å²) in [5.74, 6) is 0.846. The Labute approximate surface area is 240 Å². The number of benzene rings is 1. The highest BCUT2D eigenvalue weighted by molar-refractivity contribution is 5.20. The minimum atomic E-state index is 0.234. The highest BCUT2D eigenvalue weighted by Crippen LogP contribution is 2.07. The molecular formula is C29H52O11. The minimum Gasteiger partial charge on any atom is -0.491 e. The van der Waals surface area contributed by atoms with Gasteiger partial charge in [0.05, 0.1) is 132 Å². The molecule has 0 aliphatic carbocycles. The molecule has 1 rings (SSSR count). The summed E-state index contributed by atoms with van der Waals surface area (Å²) in [6, 6.07) is 9.68. The fraction of sp³-hybridized carbons (Fsp3) is 0.793. The molecule has 0 aromatic heterocycles. The van der Waals surface area contributed by atoms with Gasteiger partial charge in [-0.2, -0.15) is 0 Å². The van der Waals surface area contributed by atoms with Gasteiger partial charge in [0, 0.05) is 0 Å². The van der Waals surface area contributed by atoms with Crippen molar-refractivity contribution in [2.75, 3.05) is 132 Å². The van der Waals surface area contributed by atoms with Gasteiger partial charge in [0.2, 0.25) is 0 Å². The maximum absolute atomic E-state index is 5.55. The molecular weight excluding hydrogens is 524 g/mol. The molecule has 0 aliphatic rings. The molecule has 0 heterocycles. The van der Waals surface area contributed by atoms with Crippen LogP contribution in [0.5, 0.6) is 5.75 Å². The van der Waals surface area contributed by atoms with Crippen molar-refractivity contribution in [3.63, 3.8) is 0 Å². The molecule has 0 fully saturated rings. The lowest BCUT2D eigenvalue weighted by Gasteiger charge is -2.09. The molecule has 11 nitrogen and oxygen atoms in total. The first-order valence-electron chi connectivity index (χ1n) is 14.3. The van der Waals surface area contributed by atoms with Crippen LogP contribution in [0.15, 0.2) is 30.3 Å². The molecule has 11 heteroatoms. The number of hydrogen-bond donors (Lipinski definition) is 0. The van der Waals surface area contributed by atoms with Crippen molar-refractivity contribution in [3.05, 3.63) is 30.3 Å². The zero-order valence-electron chi connectivity index (χ0n) is 24.6. The van der Waals surface area contributed by atoms with Crippen LogP contribution in [-0.4, -0.2) is 138 Å². The van der Waals surface area contributed by atoms with Crippen LogP contribution < -0.4 is 4.74 Å². The lowest BCUT2D eigenvalue weighted by molar-refractivity contribution is -0.0281. The van der Waals surface area contributed by atoms with Crippen LogP contribution >= 0.6 is 0 Å². The van der Waals surface area contributed by atoms with Gasteiger partial charge in [0.25, 0.3) is 0 Å². The summed E-state index contributed by atoms with van der Waals surface area (Å²) in [4.78, 5) is 0. The molecule has 0 unspecified atom stereocenters. The van der Waals surface area contributed by atoms with Gasteiger partial charge in [0.15, 0.2) is 0 Å². The Morgan fingerprint density at radius 2 is 0.650 bits per heavy atom. The predicted octanol–water partition coefficient (Wildman–Crippen LogP) is 2.64. The van der Waals surface area contributed by atoms with Crippen molar-refractivity contribution in [2.24, 2.45) is 0 Å². The summed E-state index contributed by atoms with van der Waals surface area (Å²) in [5.41, 5.74) is 0. The van der Waals surface area contributed by atoms with Gasteiger partial charge in [-0.1, -0.05) is 18.2 Å². The quantitative estimate of drug-likeness (QED) is 0.118. The van der Waals surface area contributed by atoms with E-state index in [0.29, 0.717) is 132 Å². The van der Waals surface area contributed by atoms with Crippen LogP contribution in [0.4, 0.5) is 0 Å². The largest absolute Gasteiger partial charge is 0.491 e. The Kier molecular flexibility index (Phi) is 28.0. The molecule has 40 heavy (non-hydrogen) atoms. The van der Waals surface area contributed by atoms with E-state index in [2.05, 4.69) is 0 Å². The van der Waals surface area contributed by atoms with Crippen molar-refractivity contribution in [2.45, 2.75) is 20.0 Å². The first-order valence-corrected chi connectivity index (χ1v) is 14.3. The molecule has 0 saturated heterocycles. The standard InChI is InChI=1S/C29H52O11/c1-28(2)39-26-24-37-22-20-35-18-16-33-14-12-31-10-8-30-9-11-32-13-15-34-17-19-36-21-23-38-25-27-40-29-6-4-3-5-7-29/h3-7,28H,8-27H2,1-2H3. The second kappa shape index (κ2) is 30.6. The van der Waals surface area contributed by atoms with Crippen LogP contribution in [0.1, 0.15) is 13.8 Å². The van der Waals surface area contributed by atoms with E-state index in [1.165, 1.54) is 0 Å². The number of hydrogen-bond acceptors (Lipinski definition) is 11. The van der Waals surface area contributed by atoms with Crippen LogP contribution in [0.3, 0.4) is 0 Å². The van der Waals surface area contributed by atoms with E-state index in [-0.39, 0.29) is 6.10 Å². The molecule has 234 valence electrons. The summed E-state index contributed by atoms with van der Waals surface area (Å²) in [6.45, 7) is 14.7. The lowest BCUT2D eigenvalue weighted by Crippen LogP contribution is -2.15. The van der Waals surface area contributed by atoms with Crippen molar-refractivity contribution in [1.82, 2.24) is 0 Å². The normalized spacial score (nSPS) is 11.5. The Balaban J connectivity index is 1.62. The smallest absolute Gasteiger partial charge is 0.119 e. The second-order valence-corrected chi connectivity index (χ2v) is 8.59. The summed E-state index contributed by atoms with van der Waals surface area (Å²) in [7, 11) is 0. The van der Waals surface area contributed by atoms with E-state index in [1.807, 2.05) is 44.2 Å².